The number of aliphatic hydroxyl groups excluding tert-OH is 1. The zero-order valence-electron chi connectivity index (χ0n) is 16.7. The van der Waals surface area contributed by atoms with Crippen LogP contribution in [-0.4, -0.2) is 23.4 Å². The van der Waals surface area contributed by atoms with Crippen LogP contribution < -0.4 is 4.74 Å². The molecule has 144 valence electrons. The summed E-state index contributed by atoms with van der Waals surface area (Å²) >= 11 is 0. The van der Waals surface area contributed by atoms with Crippen LogP contribution in [0.15, 0.2) is 12.1 Å². The van der Waals surface area contributed by atoms with Crippen molar-refractivity contribution in [1.82, 2.24) is 0 Å². The summed E-state index contributed by atoms with van der Waals surface area (Å²) in [6, 6.07) is 4.00. The van der Waals surface area contributed by atoms with Crippen molar-refractivity contribution in [2.24, 2.45) is 29.1 Å². The highest BCUT2D eigenvalue weighted by atomic mass is 16.5. The van der Waals surface area contributed by atoms with E-state index in [9.17, 15) is 10.2 Å². The third-order valence-corrected chi connectivity index (χ3v) is 7.91. The maximum atomic E-state index is 11.1. The SMILES string of the molecule is COc1cc2c(cc1O)CC[C@@H]1[C@@H]2CC[C@]2(C)[C@@H](O)[C@H](CC(C)C)C[C@@H]12. The highest BCUT2D eigenvalue weighted by molar-refractivity contribution is 5.49. The van der Waals surface area contributed by atoms with Gasteiger partial charge in [0.25, 0.3) is 0 Å². The number of fused-ring (bicyclic) bond motifs is 5. The van der Waals surface area contributed by atoms with E-state index in [-0.39, 0.29) is 17.3 Å². The summed E-state index contributed by atoms with van der Waals surface area (Å²) in [5, 5.41) is 21.3. The Kier molecular flexibility index (Phi) is 4.50. The molecule has 2 fully saturated rings. The average molecular weight is 359 g/mol. The fourth-order valence-corrected chi connectivity index (χ4v) is 6.73. The van der Waals surface area contributed by atoms with E-state index in [1.54, 1.807) is 7.11 Å². The summed E-state index contributed by atoms with van der Waals surface area (Å²) in [7, 11) is 1.63. The van der Waals surface area contributed by atoms with Gasteiger partial charge >= 0.3 is 0 Å². The normalized spacial score (nSPS) is 38.6. The summed E-state index contributed by atoms with van der Waals surface area (Å²) in [6.07, 6.45) is 6.65. The number of phenols is 1. The summed E-state index contributed by atoms with van der Waals surface area (Å²) in [6.45, 7) is 6.90. The van der Waals surface area contributed by atoms with Crippen LogP contribution in [0.3, 0.4) is 0 Å². The van der Waals surface area contributed by atoms with E-state index in [4.69, 9.17) is 4.74 Å². The Bertz CT molecular complexity index is 682. The molecule has 3 nitrogen and oxygen atoms in total. The molecule has 2 saturated carbocycles. The molecule has 6 atom stereocenters. The summed E-state index contributed by atoms with van der Waals surface area (Å²) in [4.78, 5) is 0. The molecular formula is C23H34O3. The molecule has 3 aliphatic rings. The monoisotopic (exact) mass is 358 g/mol. The van der Waals surface area contributed by atoms with Crippen molar-refractivity contribution in [1.29, 1.82) is 0 Å². The zero-order valence-corrected chi connectivity index (χ0v) is 16.7. The van der Waals surface area contributed by atoms with E-state index in [0.717, 1.165) is 25.7 Å². The molecule has 1 aromatic carbocycles. The minimum absolute atomic E-state index is 0.0826. The number of benzene rings is 1. The quantitative estimate of drug-likeness (QED) is 0.809. The number of methoxy groups -OCH3 is 1. The maximum absolute atomic E-state index is 11.1. The van der Waals surface area contributed by atoms with E-state index in [1.807, 2.05) is 6.07 Å². The largest absolute Gasteiger partial charge is 0.504 e. The van der Waals surface area contributed by atoms with Gasteiger partial charge in [-0.05, 0) is 96.8 Å². The standard InChI is InChI=1S/C23H34O3/c1-13(2)9-15-10-19-17-6-5-14-11-20(24)21(26-4)12-18(14)16(17)7-8-23(19,3)22(15)25/h11-13,15-17,19,22,24-25H,5-10H2,1-4H3/t15-,16+,17-,19+,22+,23+/m1/s1. The lowest BCUT2D eigenvalue weighted by atomic mass is 9.55. The van der Waals surface area contributed by atoms with E-state index in [0.29, 0.717) is 35.3 Å². The van der Waals surface area contributed by atoms with Crippen molar-refractivity contribution in [3.63, 3.8) is 0 Å². The summed E-state index contributed by atoms with van der Waals surface area (Å²) in [5.41, 5.74) is 2.77. The third kappa shape index (κ3) is 2.66. The van der Waals surface area contributed by atoms with E-state index in [1.165, 1.54) is 24.0 Å². The van der Waals surface area contributed by atoms with Crippen LogP contribution in [0.1, 0.15) is 69.9 Å². The lowest BCUT2D eigenvalue weighted by Gasteiger charge is -2.50. The first-order valence-electron chi connectivity index (χ1n) is 10.4. The third-order valence-electron chi connectivity index (χ3n) is 7.91. The van der Waals surface area contributed by atoms with E-state index < -0.39 is 0 Å². The first-order chi connectivity index (χ1) is 12.3. The number of hydrogen-bond acceptors (Lipinski definition) is 3. The topological polar surface area (TPSA) is 49.7 Å². The number of hydrogen-bond donors (Lipinski definition) is 2. The second-order valence-corrected chi connectivity index (χ2v) is 9.75. The van der Waals surface area contributed by atoms with Gasteiger partial charge in [0.2, 0.25) is 0 Å². The van der Waals surface area contributed by atoms with Crippen molar-refractivity contribution in [3.8, 4) is 11.5 Å². The van der Waals surface area contributed by atoms with Crippen molar-refractivity contribution in [2.45, 2.75) is 71.3 Å². The van der Waals surface area contributed by atoms with Gasteiger partial charge in [0.15, 0.2) is 11.5 Å². The second kappa shape index (κ2) is 6.44. The molecule has 0 aromatic heterocycles. The highest BCUT2D eigenvalue weighted by Gasteiger charge is 2.57. The molecule has 3 aliphatic carbocycles. The minimum atomic E-state index is -0.147. The molecule has 0 heterocycles. The van der Waals surface area contributed by atoms with Crippen LogP contribution in [0.2, 0.25) is 0 Å². The highest BCUT2D eigenvalue weighted by Crippen LogP contribution is 2.63. The molecule has 0 spiro atoms. The lowest BCUT2D eigenvalue weighted by molar-refractivity contribution is -0.0344. The Morgan fingerprint density at radius 3 is 2.73 bits per heavy atom. The Hall–Kier alpha value is -1.22. The number of aliphatic hydroxyl groups is 1. The Labute approximate surface area is 157 Å². The number of phenolic OH excluding ortho intramolecular Hbond substituents is 1. The van der Waals surface area contributed by atoms with Gasteiger partial charge in [-0.2, -0.15) is 0 Å². The van der Waals surface area contributed by atoms with Crippen LogP contribution in [-0.2, 0) is 6.42 Å². The molecule has 0 aliphatic heterocycles. The summed E-state index contributed by atoms with van der Waals surface area (Å²) < 4.78 is 5.39. The smallest absolute Gasteiger partial charge is 0.160 e. The molecular weight excluding hydrogens is 324 g/mol. The maximum Gasteiger partial charge on any atom is 0.160 e. The first kappa shape index (κ1) is 18.2. The molecule has 0 radical (unpaired) electrons. The van der Waals surface area contributed by atoms with Crippen molar-refractivity contribution in [3.05, 3.63) is 23.3 Å². The fourth-order valence-electron chi connectivity index (χ4n) is 6.73. The van der Waals surface area contributed by atoms with Crippen molar-refractivity contribution < 1.29 is 14.9 Å². The molecule has 0 bridgehead atoms. The number of ether oxygens (including phenoxy) is 1. The van der Waals surface area contributed by atoms with Gasteiger partial charge in [-0.15, -0.1) is 0 Å². The second-order valence-electron chi connectivity index (χ2n) is 9.75. The zero-order chi connectivity index (χ0) is 18.6. The molecule has 1 aromatic rings. The Morgan fingerprint density at radius 2 is 2.04 bits per heavy atom. The van der Waals surface area contributed by atoms with Crippen LogP contribution in [0, 0.1) is 29.1 Å². The Morgan fingerprint density at radius 1 is 1.27 bits per heavy atom. The molecule has 0 saturated heterocycles. The number of rotatable bonds is 3. The number of aryl methyl sites for hydroxylation is 1. The van der Waals surface area contributed by atoms with Crippen LogP contribution in [0.5, 0.6) is 11.5 Å². The first-order valence-corrected chi connectivity index (χ1v) is 10.4. The molecule has 26 heavy (non-hydrogen) atoms. The fraction of sp³-hybridized carbons (Fsp3) is 0.739. The molecule has 3 heteroatoms. The number of aromatic hydroxyl groups is 1. The van der Waals surface area contributed by atoms with Crippen LogP contribution >= 0.6 is 0 Å². The van der Waals surface area contributed by atoms with Gasteiger partial charge in [0.05, 0.1) is 13.2 Å². The molecule has 0 unspecified atom stereocenters. The van der Waals surface area contributed by atoms with Gasteiger partial charge < -0.3 is 14.9 Å². The van der Waals surface area contributed by atoms with Crippen molar-refractivity contribution in [2.75, 3.05) is 7.11 Å². The van der Waals surface area contributed by atoms with E-state index in [2.05, 4.69) is 26.8 Å². The summed E-state index contributed by atoms with van der Waals surface area (Å²) in [5.74, 6) is 3.79. The van der Waals surface area contributed by atoms with Gasteiger partial charge in [0, 0.05) is 0 Å². The predicted octanol–water partition coefficient (Wildman–Crippen LogP) is 4.89. The molecule has 2 N–H and O–H groups in total. The van der Waals surface area contributed by atoms with Crippen LogP contribution in [0.25, 0.3) is 0 Å². The van der Waals surface area contributed by atoms with Gasteiger partial charge in [-0.3, -0.25) is 0 Å². The predicted molar refractivity (Wildman–Crippen MR) is 104 cm³/mol. The van der Waals surface area contributed by atoms with Crippen LogP contribution in [0.4, 0.5) is 0 Å². The minimum Gasteiger partial charge on any atom is -0.504 e. The van der Waals surface area contributed by atoms with Gasteiger partial charge in [-0.1, -0.05) is 20.8 Å². The van der Waals surface area contributed by atoms with Crippen molar-refractivity contribution >= 4 is 0 Å². The van der Waals surface area contributed by atoms with Gasteiger partial charge in [-0.25, -0.2) is 0 Å². The average Bonchev–Trinajstić information content (AvgIpc) is 2.85. The molecule has 4 rings (SSSR count). The molecule has 0 amide bonds. The van der Waals surface area contributed by atoms with E-state index >= 15 is 0 Å². The van der Waals surface area contributed by atoms with Gasteiger partial charge in [0.1, 0.15) is 0 Å². The Balaban J connectivity index is 1.66. The lowest BCUT2D eigenvalue weighted by Crippen LogP contribution is -2.44.